The number of amides is 1. The first-order valence-electron chi connectivity index (χ1n) is 7.68. The third-order valence-corrected chi connectivity index (χ3v) is 3.95. The molecule has 0 fully saturated rings. The van der Waals surface area contributed by atoms with Crippen molar-refractivity contribution in [3.05, 3.63) is 50.8 Å². The second kappa shape index (κ2) is 10.6. The Morgan fingerprint density at radius 1 is 0.958 bits per heavy atom. The summed E-state index contributed by atoms with van der Waals surface area (Å²) in [5.41, 5.74) is 0.0288. The molecule has 0 aliphatic rings. The molecule has 2 rings (SSSR count). The third kappa shape index (κ3) is 6.02. The molecule has 5 nitrogen and oxygen atoms in total. The van der Waals surface area contributed by atoms with Crippen LogP contribution in [0.1, 0.15) is 32.1 Å². The first-order chi connectivity index (χ1) is 11.1. The fourth-order valence-corrected chi connectivity index (χ4v) is 2.51. The maximum atomic E-state index is 11.7. The minimum Gasteiger partial charge on any atom is -0.774 e. The molecule has 7 heteroatoms. The molecule has 0 saturated heterocycles. The summed E-state index contributed by atoms with van der Waals surface area (Å²) < 4.78 is 0. The Morgan fingerprint density at radius 3 is 2.29 bits per heavy atom. The van der Waals surface area contributed by atoms with Crippen LogP contribution in [0.15, 0.2) is 44.8 Å². The van der Waals surface area contributed by atoms with E-state index in [-0.39, 0.29) is 46.0 Å². The Morgan fingerprint density at radius 2 is 1.62 bits per heavy atom. The number of unbranched alkanes of at least 4 members (excludes halogenated alkanes) is 3. The molecule has 0 spiro atoms. The zero-order chi connectivity index (χ0) is 16.7. The number of rotatable bonds is 9. The van der Waals surface area contributed by atoms with E-state index in [0.29, 0.717) is 13.0 Å². The number of para-hydroxylation sites is 1. The Labute approximate surface area is 168 Å². The van der Waals surface area contributed by atoms with Crippen LogP contribution in [-0.2, 0) is 17.4 Å². The van der Waals surface area contributed by atoms with Gasteiger partial charge in [0.1, 0.15) is 0 Å². The molecule has 24 heavy (non-hydrogen) atoms. The molecule has 0 aliphatic carbocycles. The van der Waals surface area contributed by atoms with Crippen molar-refractivity contribution in [3.63, 3.8) is 0 Å². The van der Waals surface area contributed by atoms with Crippen LogP contribution in [0.4, 0.5) is 11.4 Å². The van der Waals surface area contributed by atoms with Gasteiger partial charge in [-0.25, -0.2) is 0 Å². The first kappa shape index (κ1) is 20.8. The van der Waals surface area contributed by atoms with Crippen LogP contribution in [-0.4, -0.2) is 12.5 Å². The van der Waals surface area contributed by atoms with Crippen molar-refractivity contribution in [1.29, 1.82) is 0 Å². The molecular formula is C17H19N2NaO3S. The fraction of sp³-hybridized carbons (Fsp3) is 0.353. The SMILES string of the molecule is O=C(CCCCCCNc1c([S-])c(=O)c1=O)Nc1ccccc1.[Na+]. The predicted octanol–water partition coefficient (Wildman–Crippen LogP) is -0.806. The topological polar surface area (TPSA) is 75.3 Å². The van der Waals surface area contributed by atoms with E-state index in [4.69, 9.17) is 12.6 Å². The second-order valence-corrected chi connectivity index (χ2v) is 5.78. The van der Waals surface area contributed by atoms with Crippen molar-refractivity contribution in [2.45, 2.75) is 37.0 Å². The van der Waals surface area contributed by atoms with Crippen LogP contribution in [0.5, 0.6) is 0 Å². The second-order valence-electron chi connectivity index (χ2n) is 5.37. The van der Waals surface area contributed by atoms with E-state index >= 15 is 0 Å². The summed E-state index contributed by atoms with van der Waals surface area (Å²) in [4.78, 5) is 34.0. The van der Waals surface area contributed by atoms with Crippen LogP contribution in [0.3, 0.4) is 0 Å². The molecule has 122 valence electrons. The number of anilines is 2. The van der Waals surface area contributed by atoms with Crippen LogP contribution >= 0.6 is 0 Å². The van der Waals surface area contributed by atoms with Gasteiger partial charge in [0.15, 0.2) is 0 Å². The van der Waals surface area contributed by atoms with Gasteiger partial charge in [-0.05, 0) is 25.0 Å². The van der Waals surface area contributed by atoms with Gasteiger partial charge in [0.2, 0.25) is 16.8 Å². The Balaban J connectivity index is 0.00000288. The zero-order valence-electron chi connectivity index (χ0n) is 13.8. The molecule has 0 radical (unpaired) electrons. The van der Waals surface area contributed by atoms with Crippen LogP contribution in [0.25, 0.3) is 0 Å². The van der Waals surface area contributed by atoms with Crippen LogP contribution < -0.4 is 51.0 Å². The van der Waals surface area contributed by atoms with Gasteiger partial charge in [-0.2, -0.15) is 0 Å². The molecule has 0 atom stereocenters. The van der Waals surface area contributed by atoms with E-state index in [2.05, 4.69) is 10.6 Å². The fourth-order valence-electron chi connectivity index (χ4n) is 2.25. The molecular weight excluding hydrogens is 335 g/mol. The van der Waals surface area contributed by atoms with Crippen molar-refractivity contribution in [2.75, 3.05) is 17.2 Å². The Kier molecular flexibility index (Phi) is 9.21. The van der Waals surface area contributed by atoms with E-state index < -0.39 is 10.9 Å². The minimum atomic E-state index is -0.563. The third-order valence-electron chi connectivity index (χ3n) is 3.56. The maximum Gasteiger partial charge on any atom is 1.00 e. The van der Waals surface area contributed by atoms with Crippen LogP contribution in [0, 0.1) is 0 Å². The van der Waals surface area contributed by atoms with Gasteiger partial charge < -0.3 is 23.3 Å². The van der Waals surface area contributed by atoms with Gasteiger partial charge in [-0.1, -0.05) is 35.9 Å². The molecule has 0 bridgehead atoms. The van der Waals surface area contributed by atoms with Crippen molar-refractivity contribution in [3.8, 4) is 0 Å². The Bertz CT molecular complexity index is 727. The first-order valence-corrected chi connectivity index (χ1v) is 8.09. The van der Waals surface area contributed by atoms with E-state index in [1.807, 2.05) is 30.3 Å². The predicted molar refractivity (Wildman–Crippen MR) is 93.6 cm³/mol. The molecule has 0 aromatic heterocycles. The quantitative estimate of drug-likeness (QED) is 0.267. The molecule has 0 unspecified atom stereocenters. The summed E-state index contributed by atoms with van der Waals surface area (Å²) in [5, 5.41) is 5.76. The van der Waals surface area contributed by atoms with E-state index in [1.54, 1.807) is 0 Å². The molecule has 2 aromatic carbocycles. The van der Waals surface area contributed by atoms with Crippen LogP contribution in [0.2, 0.25) is 0 Å². The number of carbonyl (C=O) groups is 1. The van der Waals surface area contributed by atoms with E-state index in [1.165, 1.54) is 0 Å². The smallest absolute Gasteiger partial charge is 0.774 e. The summed E-state index contributed by atoms with van der Waals surface area (Å²) in [6, 6.07) is 9.39. The largest absolute Gasteiger partial charge is 1.00 e. The maximum absolute atomic E-state index is 11.7. The van der Waals surface area contributed by atoms with Crippen molar-refractivity contribution in [1.82, 2.24) is 0 Å². The average Bonchev–Trinajstić information content (AvgIpc) is 2.57. The summed E-state index contributed by atoms with van der Waals surface area (Å²) in [6.07, 6.45) is 4.08. The molecule has 0 saturated carbocycles. The van der Waals surface area contributed by atoms with Gasteiger partial charge >= 0.3 is 29.6 Å². The van der Waals surface area contributed by atoms with Gasteiger partial charge in [-0.3, -0.25) is 14.4 Å². The molecule has 2 aromatic rings. The Hall–Kier alpha value is -1.21. The van der Waals surface area contributed by atoms with Crippen molar-refractivity contribution >= 4 is 29.9 Å². The van der Waals surface area contributed by atoms with Crippen molar-refractivity contribution < 1.29 is 34.4 Å². The summed E-state index contributed by atoms with van der Waals surface area (Å²) >= 11 is 4.79. The van der Waals surface area contributed by atoms with Gasteiger partial charge in [0.05, 0.1) is 5.69 Å². The average molecular weight is 354 g/mol. The number of nitrogens with one attached hydrogen (secondary N) is 2. The monoisotopic (exact) mass is 354 g/mol. The number of hydrogen-bond donors (Lipinski definition) is 2. The normalized spacial score (nSPS) is 10.2. The van der Waals surface area contributed by atoms with Crippen molar-refractivity contribution in [2.24, 2.45) is 0 Å². The van der Waals surface area contributed by atoms with E-state index in [0.717, 1.165) is 31.4 Å². The summed E-state index contributed by atoms with van der Waals surface area (Å²) in [7, 11) is 0. The summed E-state index contributed by atoms with van der Waals surface area (Å²) in [6.45, 7) is 0.616. The summed E-state index contributed by atoms with van der Waals surface area (Å²) in [5.74, 6) is 0.0220. The zero-order valence-corrected chi connectivity index (χ0v) is 16.6. The standard InChI is InChI=1S/C17H20N2O3S.Na/c20-13(19-12-8-4-3-5-9-12)10-6-1-2-7-11-18-14-15(21)16(22)17(14)23;/h3-5,8-9,18,23H,1-2,6-7,10-11H2,(H,19,20);/q;+1/p-1. The molecule has 0 heterocycles. The van der Waals surface area contributed by atoms with Gasteiger partial charge in [0.25, 0.3) is 0 Å². The van der Waals surface area contributed by atoms with E-state index in [9.17, 15) is 14.4 Å². The van der Waals surface area contributed by atoms with Gasteiger partial charge in [-0.15, -0.1) is 0 Å². The van der Waals surface area contributed by atoms with Gasteiger partial charge in [0, 0.05) is 18.7 Å². The number of hydrogen-bond acceptors (Lipinski definition) is 5. The number of benzene rings is 1. The number of carbonyl (C=O) groups excluding carboxylic acids is 1. The molecule has 1 amide bonds. The molecule has 0 aliphatic heterocycles. The molecule has 2 N–H and O–H groups in total. The minimum absolute atomic E-state index is 0.